The van der Waals surface area contributed by atoms with Crippen LogP contribution in [0.5, 0.6) is 0 Å². The smallest absolute Gasteiger partial charge is 0.257 e. The zero-order valence-corrected chi connectivity index (χ0v) is 19.9. The molecule has 2 amide bonds. The summed E-state index contributed by atoms with van der Waals surface area (Å²) in [5.74, 6) is -0.480. The van der Waals surface area contributed by atoms with E-state index in [2.05, 4.69) is 15.6 Å². The summed E-state index contributed by atoms with van der Waals surface area (Å²) in [5, 5.41) is 6.66. The Morgan fingerprint density at radius 1 is 1.00 bits per heavy atom. The molecule has 1 heterocycles. The second kappa shape index (κ2) is 9.92. The topological polar surface area (TPSA) is 71.1 Å². The van der Waals surface area contributed by atoms with E-state index in [4.69, 9.17) is 23.2 Å². The van der Waals surface area contributed by atoms with Gasteiger partial charge in [-0.2, -0.15) is 0 Å². The van der Waals surface area contributed by atoms with Gasteiger partial charge in [0.2, 0.25) is 5.91 Å². The van der Waals surface area contributed by atoms with Gasteiger partial charge in [0.05, 0.1) is 26.1 Å². The quantitative estimate of drug-likeness (QED) is 0.279. The summed E-state index contributed by atoms with van der Waals surface area (Å²) in [6, 6.07) is 19.7. The fourth-order valence-electron chi connectivity index (χ4n) is 2.91. The zero-order valence-electron chi connectivity index (χ0n) is 16.8. The third kappa shape index (κ3) is 5.42. The van der Waals surface area contributed by atoms with Crippen LogP contribution in [0.25, 0.3) is 10.2 Å². The van der Waals surface area contributed by atoms with Gasteiger partial charge in [-0.15, -0.1) is 11.8 Å². The van der Waals surface area contributed by atoms with E-state index < -0.39 is 0 Å². The minimum absolute atomic E-state index is 0.142. The number of thioether (sulfide) groups is 1. The number of carbonyl (C=O) groups is 2. The number of hydrogen-bond acceptors (Lipinski definition) is 5. The van der Waals surface area contributed by atoms with Crippen LogP contribution < -0.4 is 10.6 Å². The lowest BCUT2D eigenvalue weighted by Crippen LogP contribution is -2.22. The maximum atomic E-state index is 12.6. The molecule has 0 aliphatic carbocycles. The third-order valence-electron chi connectivity index (χ3n) is 4.47. The summed E-state index contributed by atoms with van der Waals surface area (Å²) in [5.41, 5.74) is 1.79. The van der Waals surface area contributed by atoms with E-state index in [1.54, 1.807) is 18.2 Å². The number of halogens is 2. The summed E-state index contributed by atoms with van der Waals surface area (Å²) < 4.78 is 1.02. The van der Waals surface area contributed by atoms with Crippen LogP contribution in [0, 0.1) is 0 Å². The zero-order chi connectivity index (χ0) is 22.7. The van der Waals surface area contributed by atoms with Gasteiger partial charge in [0, 0.05) is 15.6 Å². The summed E-state index contributed by atoms with van der Waals surface area (Å²) >= 11 is 14.8. The molecule has 0 saturated carbocycles. The van der Waals surface area contributed by atoms with Gasteiger partial charge < -0.3 is 10.6 Å². The number of fused-ring (bicyclic) bond motifs is 1. The molecule has 1 unspecified atom stereocenters. The third-order valence-corrected chi connectivity index (χ3v) is 7.07. The molecule has 5 nitrogen and oxygen atoms in total. The van der Waals surface area contributed by atoms with Crippen LogP contribution in [0.3, 0.4) is 0 Å². The fourth-order valence-corrected chi connectivity index (χ4v) is 5.20. The number of nitrogens with zero attached hydrogens (tertiary/aromatic N) is 1. The molecule has 0 aliphatic heterocycles. The van der Waals surface area contributed by atoms with Crippen molar-refractivity contribution in [3.63, 3.8) is 0 Å². The first kappa shape index (κ1) is 22.6. The highest BCUT2D eigenvalue weighted by Crippen LogP contribution is 2.29. The molecule has 0 bridgehead atoms. The molecule has 9 heteroatoms. The molecule has 0 saturated heterocycles. The molecule has 0 aliphatic rings. The molecule has 1 aromatic heterocycles. The van der Waals surface area contributed by atoms with Gasteiger partial charge in [0.25, 0.3) is 5.91 Å². The van der Waals surface area contributed by atoms with Crippen molar-refractivity contribution >= 4 is 79.2 Å². The average Bonchev–Trinajstić information content (AvgIpc) is 3.16. The second-order valence-corrected chi connectivity index (χ2v) is 10.1. The van der Waals surface area contributed by atoms with Gasteiger partial charge in [-0.25, -0.2) is 4.98 Å². The van der Waals surface area contributed by atoms with E-state index in [9.17, 15) is 9.59 Å². The summed E-state index contributed by atoms with van der Waals surface area (Å²) in [7, 11) is 0. The first-order valence-corrected chi connectivity index (χ1v) is 12.0. The normalized spacial score (nSPS) is 11.8. The van der Waals surface area contributed by atoms with Crippen LogP contribution in [0.4, 0.5) is 10.8 Å². The molecule has 2 N–H and O–H groups in total. The number of amides is 2. The summed E-state index contributed by atoms with van der Waals surface area (Å²) in [6.45, 7) is 1.83. The van der Waals surface area contributed by atoms with Crippen molar-refractivity contribution in [2.24, 2.45) is 0 Å². The molecule has 0 radical (unpaired) electrons. The van der Waals surface area contributed by atoms with Gasteiger partial charge in [0.1, 0.15) is 0 Å². The number of nitrogens with one attached hydrogen (secondary N) is 2. The minimum Gasteiger partial charge on any atom is -0.322 e. The number of hydrogen-bond donors (Lipinski definition) is 2. The Kier molecular flexibility index (Phi) is 7.01. The first-order valence-electron chi connectivity index (χ1n) is 9.58. The Morgan fingerprint density at radius 2 is 1.81 bits per heavy atom. The van der Waals surface area contributed by atoms with E-state index >= 15 is 0 Å². The molecule has 0 spiro atoms. The van der Waals surface area contributed by atoms with Crippen molar-refractivity contribution in [3.8, 4) is 0 Å². The van der Waals surface area contributed by atoms with Crippen molar-refractivity contribution in [3.05, 3.63) is 82.3 Å². The van der Waals surface area contributed by atoms with Gasteiger partial charge in [0.15, 0.2) is 5.13 Å². The Hall–Kier alpha value is -2.58. The average molecular weight is 502 g/mol. The maximum Gasteiger partial charge on any atom is 0.257 e. The Balaban J connectivity index is 1.40. The molecule has 32 heavy (non-hydrogen) atoms. The van der Waals surface area contributed by atoms with E-state index in [0.29, 0.717) is 21.4 Å². The van der Waals surface area contributed by atoms with Crippen molar-refractivity contribution < 1.29 is 9.59 Å². The molecular weight excluding hydrogens is 485 g/mol. The standard InChI is InChI=1S/C23H17Cl2N3O2S2/c1-13(21(29)28-23-27-19-7-2-3-8-20(19)32-23)31-16-6-4-5-15(12-16)26-22(30)17-10-9-14(24)11-18(17)25/h2-13H,1H3,(H,26,30)(H,27,28,29). The predicted octanol–water partition coefficient (Wildman–Crippen LogP) is 6.97. The lowest BCUT2D eigenvalue weighted by atomic mass is 10.2. The van der Waals surface area contributed by atoms with Gasteiger partial charge in [-0.05, 0) is 55.5 Å². The highest BCUT2D eigenvalue weighted by molar-refractivity contribution is 8.00. The summed E-state index contributed by atoms with van der Waals surface area (Å²) in [4.78, 5) is 30.5. The number of carbonyl (C=O) groups excluding carboxylic acids is 2. The molecule has 3 aromatic carbocycles. The minimum atomic E-state index is -0.362. The first-order chi connectivity index (χ1) is 15.4. The Bertz CT molecular complexity index is 1280. The number of thiazole rings is 1. The highest BCUT2D eigenvalue weighted by atomic mass is 35.5. The Morgan fingerprint density at radius 3 is 2.59 bits per heavy atom. The SMILES string of the molecule is CC(Sc1cccc(NC(=O)c2ccc(Cl)cc2Cl)c1)C(=O)Nc1nc2ccccc2s1. The predicted molar refractivity (Wildman–Crippen MR) is 134 cm³/mol. The van der Waals surface area contributed by atoms with Crippen LogP contribution in [-0.4, -0.2) is 22.0 Å². The molecule has 162 valence electrons. The van der Waals surface area contributed by atoms with Crippen molar-refractivity contribution in [1.29, 1.82) is 0 Å². The van der Waals surface area contributed by atoms with Crippen LogP contribution in [0.15, 0.2) is 71.6 Å². The van der Waals surface area contributed by atoms with Crippen molar-refractivity contribution in [2.45, 2.75) is 17.1 Å². The number of anilines is 2. The molecular formula is C23H17Cl2N3O2S2. The maximum absolute atomic E-state index is 12.6. The van der Waals surface area contributed by atoms with Crippen LogP contribution in [0.1, 0.15) is 17.3 Å². The van der Waals surface area contributed by atoms with E-state index in [-0.39, 0.29) is 22.1 Å². The molecule has 1 atom stereocenters. The van der Waals surface area contributed by atoms with Crippen LogP contribution >= 0.6 is 46.3 Å². The van der Waals surface area contributed by atoms with Crippen LogP contribution in [0.2, 0.25) is 10.0 Å². The number of para-hydroxylation sites is 1. The fraction of sp³-hybridized carbons (Fsp3) is 0.0870. The van der Waals surface area contributed by atoms with E-state index in [0.717, 1.165) is 15.1 Å². The summed E-state index contributed by atoms with van der Waals surface area (Å²) in [6.07, 6.45) is 0. The van der Waals surface area contributed by atoms with E-state index in [1.807, 2.05) is 49.4 Å². The number of aromatic nitrogens is 1. The van der Waals surface area contributed by atoms with Crippen molar-refractivity contribution in [2.75, 3.05) is 10.6 Å². The monoisotopic (exact) mass is 501 g/mol. The number of benzene rings is 3. The molecule has 4 aromatic rings. The molecule has 4 rings (SSSR count). The highest BCUT2D eigenvalue weighted by Gasteiger charge is 2.17. The Labute approximate surface area is 203 Å². The van der Waals surface area contributed by atoms with Crippen LogP contribution in [-0.2, 0) is 4.79 Å². The van der Waals surface area contributed by atoms with E-state index in [1.165, 1.54) is 29.2 Å². The van der Waals surface area contributed by atoms with Gasteiger partial charge >= 0.3 is 0 Å². The van der Waals surface area contributed by atoms with Gasteiger partial charge in [-0.1, -0.05) is 52.7 Å². The largest absolute Gasteiger partial charge is 0.322 e. The van der Waals surface area contributed by atoms with Crippen molar-refractivity contribution in [1.82, 2.24) is 4.98 Å². The van der Waals surface area contributed by atoms with Gasteiger partial charge in [-0.3, -0.25) is 9.59 Å². The lowest BCUT2D eigenvalue weighted by Gasteiger charge is -2.12. The lowest BCUT2D eigenvalue weighted by molar-refractivity contribution is -0.115. The molecule has 0 fully saturated rings. The number of rotatable bonds is 6. The second-order valence-electron chi connectivity index (χ2n) is 6.84.